The van der Waals surface area contributed by atoms with E-state index in [4.69, 9.17) is 29.9 Å². The molecule has 0 unspecified atom stereocenters. The Kier molecular flexibility index (Phi) is 10.0. The first kappa shape index (κ1) is 36.3. The second kappa shape index (κ2) is 16.0. The van der Waals surface area contributed by atoms with Crippen LogP contribution in [0.3, 0.4) is 0 Å². The van der Waals surface area contributed by atoms with Gasteiger partial charge in [-0.2, -0.15) is 0 Å². The first-order valence-electron chi connectivity index (χ1n) is 19.6. The molecule has 0 N–H and O–H groups in total. The highest BCUT2D eigenvalue weighted by atomic mass is 15.1. The Bertz CT molecular complexity index is 2900. The van der Waals surface area contributed by atoms with Crippen LogP contribution in [0.25, 0.3) is 57.0 Å². The Balaban J connectivity index is 1.15. The maximum absolute atomic E-state index is 5.36. The van der Waals surface area contributed by atoms with E-state index in [1.54, 1.807) is 0 Å². The van der Waals surface area contributed by atoms with Crippen molar-refractivity contribution in [2.45, 2.75) is 33.6 Å². The van der Waals surface area contributed by atoms with Crippen LogP contribution in [-0.4, -0.2) is 35.8 Å². The van der Waals surface area contributed by atoms with Crippen LogP contribution < -0.4 is 0 Å². The molecule has 0 fully saturated rings. The van der Waals surface area contributed by atoms with E-state index in [1.807, 2.05) is 129 Å². The largest absolute Gasteiger partial charge is 0.282 e. The molecule has 0 saturated heterocycles. The summed E-state index contributed by atoms with van der Waals surface area (Å²) in [5.41, 5.74) is 16.3. The summed E-state index contributed by atoms with van der Waals surface area (Å²) in [5, 5.41) is 0. The maximum atomic E-state index is 5.36. The third-order valence-electron chi connectivity index (χ3n) is 10.5. The van der Waals surface area contributed by atoms with E-state index in [2.05, 4.69) is 65.9 Å². The second-order valence-corrected chi connectivity index (χ2v) is 14.3. The molecule has 0 amide bonds. The van der Waals surface area contributed by atoms with Gasteiger partial charge in [0.15, 0.2) is 0 Å². The summed E-state index contributed by atoms with van der Waals surface area (Å²) in [6, 6.07) is 51.2. The van der Waals surface area contributed by atoms with Crippen LogP contribution in [0.2, 0.25) is 0 Å². The van der Waals surface area contributed by atoms with Crippen molar-refractivity contribution in [1.29, 1.82) is 0 Å². The Morgan fingerprint density at radius 3 is 2.03 bits per heavy atom. The fourth-order valence-corrected chi connectivity index (χ4v) is 7.51. The third-order valence-corrected chi connectivity index (χ3v) is 10.5. The van der Waals surface area contributed by atoms with Gasteiger partial charge in [-0.1, -0.05) is 133 Å². The van der Waals surface area contributed by atoms with Crippen molar-refractivity contribution in [3.05, 3.63) is 198 Å². The maximum Gasteiger partial charge on any atom is 0.148 e. The Labute approximate surface area is 338 Å². The van der Waals surface area contributed by atoms with Gasteiger partial charge in [0.1, 0.15) is 17.7 Å². The number of pyridine rings is 2. The lowest BCUT2D eigenvalue weighted by atomic mass is 10.0. The van der Waals surface area contributed by atoms with Gasteiger partial charge in [-0.3, -0.25) is 14.4 Å². The quantitative estimate of drug-likeness (QED) is 0.138. The van der Waals surface area contributed by atoms with Crippen LogP contribution in [0.5, 0.6) is 0 Å². The van der Waals surface area contributed by atoms with Gasteiger partial charge in [-0.05, 0) is 80.6 Å². The van der Waals surface area contributed by atoms with E-state index in [9.17, 15) is 0 Å². The van der Waals surface area contributed by atoms with Crippen molar-refractivity contribution < 1.29 is 0 Å². The van der Waals surface area contributed by atoms with Crippen molar-refractivity contribution >= 4 is 40.1 Å². The number of rotatable bonds is 9. The predicted octanol–water partition coefficient (Wildman–Crippen LogP) is 12.0. The van der Waals surface area contributed by atoms with Crippen molar-refractivity contribution in [2.75, 3.05) is 0 Å². The normalized spacial score (nSPS) is 13.4. The van der Waals surface area contributed by atoms with E-state index in [-0.39, 0.29) is 0 Å². The van der Waals surface area contributed by atoms with Crippen LogP contribution in [0.4, 0.5) is 5.69 Å². The molecule has 280 valence electrons. The third kappa shape index (κ3) is 7.21. The summed E-state index contributed by atoms with van der Waals surface area (Å²) in [6.45, 7) is 6.19. The van der Waals surface area contributed by atoms with Crippen LogP contribution in [0.1, 0.15) is 60.8 Å². The van der Waals surface area contributed by atoms with Gasteiger partial charge in [-0.25, -0.2) is 19.9 Å². The number of nitrogens with zero attached hydrogens (tertiary/aromatic N) is 7. The SMILES string of the molecule is CC(=Nc1ccccc1C(C)=N/C(=C(\C)c1ccccc1)c1cccc(-c2cccc(-c3nc4c5c(ncn4c3-c3ccccc3)CCC=C5)n2)n1)c1ccccc1. The first-order valence-corrected chi connectivity index (χ1v) is 19.6. The zero-order valence-corrected chi connectivity index (χ0v) is 32.7. The standard InChI is InChI=1S/C51H41N7/c1-34(37-19-7-4-8-20-37)48(54-36(3)40-25-13-16-28-43(40)53-35(2)38-21-9-5-10-22-38)46-31-17-29-44(55-46)45-30-18-32-47(56-45)49-50(39-23-11-6-12-24-39)58-33-52-42-27-15-14-26-41(42)51(58)57-49/h4-14,16-26,28-33H,15,27H2,1-3H3/b48-34+,53-35?,54-36?. The molecule has 0 atom stereocenters. The molecule has 7 heteroatoms. The highest BCUT2D eigenvalue weighted by Gasteiger charge is 2.22. The Morgan fingerprint density at radius 1 is 0.603 bits per heavy atom. The van der Waals surface area contributed by atoms with Crippen LogP contribution in [0.15, 0.2) is 174 Å². The fraction of sp³-hybridized carbons (Fsp3) is 0.0980. The number of imidazole rings is 1. The average Bonchev–Trinajstić information content (AvgIpc) is 3.69. The molecule has 9 rings (SSSR count). The van der Waals surface area contributed by atoms with Gasteiger partial charge in [0.05, 0.1) is 45.5 Å². The van der Waals surface area contributed by atoms with Crippen LogP contribution in [0, 0.1) is 0 Å². The Hall–Kier alpha value is -7.38. The minimum atomic E-state index is 0.737. The zero-order chi connectivity index (χ0) is 39.4. The number of hydrogen-bond donors (Lipinski definition) is 0. The van der Waals surface area contributed by atoms with E-state index in [0.29, 0.717) is 0 Å². The lowest BCUT2D eigenvalue weighted by Crippen LogP contribution is -2.02. The van der Waals surface area contributed by atoms with Crippen molar-refractivity contribution in [3.63, 3.8) is 0 Å². The van der Waals surface area contributed by atoms with Gasteiger partial charge in [0.25, 0.3) is 0 Å². The number of aliphatic imine (C=N–C) groups is 2. The van der Waals surface area contributed by atoms with Crippen molar-refractivity contribution in [3.8, 4) is 34.0 Å². The number of aryl methyl sites for hydroxylation is 1. The van der Waals surface area contributed by atoms with Gasteiger partial charge < -0.3 is 0 Å². The Morgan fingerprint density at radius 2 is 1.26 bits per heavy atom. The van der Waals surface area contributed by atoms with Crippen LogP contribution in [-0.2, 0) is 6.42 Å². The van der Waals surface area contributed by atoms with Gasteiger partial charge in [-0.15, -0.1) is 0 Å². The molecule has 0 bridgehead atoms. The molecule has 8 aromatic rings. The minimum absolute atomic E-state index is 0.737. The first-order chi connectivity index (χ1) is 28.5. The molecule has 4 heterocycles. The number of para-hydroxylation sites is 1. The highest BCUT2D eigenvalue weighted by molar-refractivity contribution is 6.09. The van der Waals surface area contributed by atoms with E-state index < -0.39 is 0 Å². The topological polar surface area (TPSA) is 80.7 Å². The van der Waals surface area contributed by atoms with E-state index in [1.165, 1.54) is 0 Å². The van der Waals surface area contributed by atoms with E-state index >= 15 is 0 Å². The number of hydrogen-bond acceptors (Lipinski definition) is 6. The number of aromatic nitrogens is 5. The number of fused-ring (bicyclic) bond motifs is 3. The average molecular weight is 752 g/mol. The summed E-state index contributed by atoms with van der Waals surface area (Å²) in [6.07, 6.45) is 8.14. The summed E-state index contributed by atoms with van der Waals surface area (Å²) in [5.74, 6) is 0. The summed E-state index contributed by atoms with van der Waals surface area (Å²) < 4.78 is 2.10. The summed E-state index contributed by atoms with van der Waals surface area (Å²) in [7, 11) is 0. The molecule has 0 radical (unpaired) electrons. The smallest absolute Gasteiger partial charge is 0.148 e. The van der Waals surface area contributed by atoms with Crippen molar-refractivity contribution in [2.24, 2.45) is 9.98 Å². The summed E-state index contributed by atoms with van der Waals surface area (Å²) in [4.78, 5) is 31.0. The molecule has 0 saturated carbocycles. The molecule has 7 nitrogen and oxygen atoms in total. The van der Waals surface area contributed by atoms with Gasteiger partial charge in [0.2, 0.25) is 0 Å². The van der Waals surface area contributed by atoms with Crippen molar-refractivity contribution in [1.82, 2.24) is 24.3 Å². The highest BCUT2D eigenvalue weighted by Crippen LogP contribution is 2.36. The molecule has 1 aliphatic carbocycles. The monoisotopic (exact) mass is 751 g/mol. The molecule has 1 aliphatic rings. The molecule has 4 aromatic heterocycles. The second-order valence-electron chi connectivity index (χ2n) is 14.3. The molecule has 4 aromatic carbocycles. The van der Waals surface area contributed by atoms with Gasteiger partial charge >= 0.3 is 0 Å². The predicted molar refractivity (Wildman–Crippen MR) is 238 cm³/mol. The molecular weight excluding hydrogens is 711 g/mol. The molecular formula is C51H41N7. The summed E-state index contributed by atoms with van der Waals surface area (Å²) >= 11 is 0. The fourth-order valence-electron chi connectivity index (χ4n) is 7.51. The van der Waals surface area contributed by atoms with Crippen LogP contribution >= 0.6 is 0 Å². The molecule has 0 aliphatic heterocycles. The lowest BCUT2D eigenvalue weighted by molar-refractivity contribution is 0.902. The van der Waals surface area contributed by atoms with E-state index in [0.717, 1.165) is 115 Å². The zero-order valence-electron chi connectivity index (χ0n) is 32.7. The number of allylic oxidation sites excluding steroid dienone is 2. The van der Waals surface area contributed by atoms with Gasteiger partial charge in [0, 0.05) is 28.1 Å². The number of benzene rings is 4. The lowest BCUT2D eigenvalue weighted by Gasteiger charge is -2.13. The molecule has 0 spiro atoms. The molecule has 58 heavy (non-hydrogen) atoms. The minimum Gasteiger partial charge on any atom is -0.282 e.